The Hall–Kier alpha value is -3.09. The highest BCUT2D eigenvalue weighted by Crippen LogP contribution is 2.28. The lowest BCUT2D eigenvalue weighted by Crippen LogP contribution is -2.08. The van der Waals surface area contributed by atoms with E-state index >= 15 is 0 Å². The Morgan fingerprint density at radius 2 is 1.69 bits per heavy atom. The van der Waals surface area contributed by atoms with Crippen LogP contribution in [-0.4, -0.2) is 42.6 Å². The quantitative estimate of drug-likeness (QED) is 0.243. The van der Waals surface area contributed by atoms with E-state index in [9.17, 15) is 0 Å². The number of aryl methyl sites for hydroxylation is 2. The first kappa shape index (κ1) is 22.2. The number of allylic oxidation sites excluding steroid dienone is 1. The Labute approximate surface area is 172 Å². The van der Waals surface area contributed by atoms with Crippen LogP contribution in [0.5, 0.6) is 17.5 Å². The lowest BCUT2D eigenvalue weighted by molar-refractivity contribution is 0.213. The molecule has 156 valence electrons. The molecule has 0 fully saturated rings. The smallest absolute Gasteiger partial charge is 0.316 e. The van der Waals surface area contributed by atoms with E-state index < -0.39 is 0 Å². The third-order valence-corrected chi connectivity index (χ3v) is 4.06. The van der Waals surface area contributed by atoms with Gasteiger partial charge in [0.1, 0.15) is 25.2 Å². The van der Waals surface area contributed by atoms with Gasteiger partial charge in [-0.15, -0.1) is 0 Å². The molecule has 7 heteroatoms. The summed E-state index contributed by atoms with van der Waals surface area (Å²) >= 11 is 0. The van der Waals surface area contributed by atoms with Crippen molar-refractivity contribution in [2.45, 2.75) is 34.1 Å². The van der Waals surface area contributed by atoms with Crippen LogP contribution in [0.4, 0.5) is 0 Å². The molecule has 7 nitrogen and oxygen atoms in total. The summed E-state index contributed by atoms with van der Waals surface area (Å²) in [6.45, 7) is 9.41. The minimum Gasteiger partial charge on any atom is -0.493 e. The predicted molar refractivity (Wildman–Crippen MR) is 113 cm³/mol. The van der Waals surface area contributed by atoms with E-state index in [-0.39, 0.29) is 0 Å². The molecular formula is C22H29N3O4. The largest absolute Gasteiger partial charge is 0.493 e. The maximum Gasteiger partial charge on any atom is 0.316 e. The van der Waals surface area contributed by atoms with Crippen LogP contribution >= 0.6 is 0 Å². The molecule has 0 N–H and O–H groups in total. The van der Waals surface area contributed by atoms with E-state index in [4.69, 9.17) is 19.0 Å². The summed E-state index contributed by atoms with van der Waals surface area (Å²) in [6, 6.07) is 4.31. The van der Waals surface area contributed by atoms with Crippen LogP contribution in [0.15, 0.2) is 41.8 Å². The molecule has 2 rings (SSSR count). The van der Waals surface area contributed by atoms with Crippen LogP contribution in [0, 0.1) is 13.8 Å². The monoisotopic (exact) mass is 399 g/mol. The molecule has 0 aliphatic carbocycles. The van der Waals surface area contributed by atoms with Crippen LogP contribution in [0.25, 0.3) is 0 Å². The van der Waals surface area contributed by atoms with Crippen LogP contribution in [0.2, 0.25) is 0 Å². The summed E-state index contributed by atoms with van der Waals surface area (Å²) in [7, 11) is 1.50. The van der Waals surface area contributed by atoms with Crippen LogP contribution in [-0.2, 0) is 4.84 Å². The highest BCUT2D eigenvalue weighted by molar-refractivity contribution is 5.97. The fourth-order valence-electron chi connectivity index (χ4n) is 2.63. The molecule has 0 radical (unpaired) electrons. The van der Waals surface area contributed by atoms with E-state index in [0.717, 1.165) is 28.2 Å². The molecule has 0 bridgehead atoms. The minimum absolute atomic E-state index is 0.328. The molecule has 0 aliphatic heterocycles. The Morgan fingerprint density at radius 3 is 2.31 bits per heavy atom. The predicted octanol–water partition coefficient (Wildman–Crippen LogP) is 4.27. The zero-order chi connectivity index (χ0) is 21.1. The normalized spacial score (nSPS) is 11.6. The van der Waals surface area contributed by atoms with Gasteiger partial charge in [0.05, 0.1) is 18.9 Å². The molecule has 1 aromatic heterocycles. The number of aromatic nitrogens is 2. The second-order valence-corrected chi connectivity index (χ2v) is 6.43. The zero-order valence-corrected chi connectivity index (χ0v) is 17.8. The molecule has 0 spiro atoms. The lowest BCUT2D eigenvalue weighted by Gasteiger charge is -2.14. The van der Waals surface area contributed by atoms with Crippen molar-refractivity contribution in [3.05, 3.63) is 53.4 Å². The van der Waals surface area contributed by atoms with Crippen molar-refractivity contribution in [1.82, 2.24) is 9.97 Å². The van der Waals surface area contributed by atoms with Gasteiger partial charge >= 0.3 is 6.01 Å². The van der Waals surface area contributed by atoms with E-state index in [1.165, 1.54) is 7.11 Å². The topological polar surface area (TPSA) is 75.1 Å². The Morgan fingerprint density at radius 1 is 1.03 bits per heavy atom. The number of nitrogens with zero attached hydrogens (tertiary/aromatic N) is 3. The Kier molecular flexibility index (Phi) is 8.95. The fourth-order valence-corrected chi connectivity index (χ4v) is 2.63. The van der Waals surface area contributed by atoms with Gasteiger partial charge in [0.2, 0.25) is 0 Å². The highest BCUT2D eigenvalue weighted by atomic mass is 16.6. The Balaban J connectivity index is 1.78. The van der Waals surface area contributed by atoms with Crippen molar-refractivity contribution in [1.29, 1.82) is 0 Å². The Bertz CT molecular complexity index is 809. The standard InChI is InChI=1S/C22H29N3O4/c1-6-7-9-27-20-12-16(2)21(17(3)13-20)28-10-8-11-29-22-23-14-19(15-24-22)18(4)25-26-5/h6-7,12-15H,8-11H2,1-5H3/b7-6+,25-18?. The first-order chi connectivity index (χ1) is 14.0. The van der Waals surface area contributed by atoms with Gasteiger partial charge in [-0.3, -0.25) is 0 Å². The molecule has 0 aliphatic rings. The van der Waals surface area contributed by atoms with Gasteiger partial charge in [-0.25, -0.2) is 9.97 Å². The van der Waals surface area contributed by atoms with Gasteiger partial charge in [-0.1, -0.05) is 17.3 Å². The second-order valence-electron chi connectivity index (χ2n) is 6.43. The SMILES string of the molecule is C/C=C/COc1cc(C)c(OCCCOc2ncc(C(C)=NOC)cn2)c(C)c1. The minimum atomic E-state index is 0.328. The van der Waals surface area contributed by atoms with Crippen molar-refractivity contribution in [3.63, 3.8) is 0 Å². The van der Waals surface area contributed by atoms with Crippen LogP contribution in [0.3, 0.4) is 0 Å². The van der Waals surface area contributed by atoms with E-state index in [2.05, 4.69) is 15.1 Å². The molecule has 0 saturated heterocycles. The van der Waals surface area contributed by atoms with E-state index in [1.807, 2.05) is 52.0 Å². The molecule has 2 aromatic rings. The van der Waals surface area contributed by atoms with E-state index in [0.29, 0.717) is 38.0 Å². The van der Waals surface area contributed by atoms with Crippen molar-refractivity contribution in [3.8, 4) is 17.5 Å². The first-order valence-corrected chi connectivity index (χ1v) is 9.56. The van der Waals surface area contributed by atoms with Gasteiger partial charge in [0.15, 0.2) is 0 Å². The maximum atomic E-state index is 5.94. The summed E-state index contributed by atoms with van der Waals surface area (Å²) in [6.07, 6.45) is 7.97. The van der Waals surface area contributed by atoms with Gasteiger partial charge < -0.3 is 19.0 Å². The average Bonchev–Trinajstić information content (AvgIpc) is 2.70. The molecule has 29 heavy (non-hydrogen) atoms. The maximum absolute atomic E-state index is 5.94. The third kappa shape index (κ3) is 7.10. The fraction of sp³-hybridized carbons (Fsp3) is 0.409. The number of oxime groups is 1. The summed E-state index contributed by atoms with van der Waals surface area (Å²) in [5.74, 6) is 1.73. The molecule has 0 saturated carbocycles. The number of hydrogen-bond donors (Lipinski definition) is 0. The number of ether oxygens (including phenoxy) is 3. The lowest BCUT2D eigenvalue weighted by atomic mass is 10.1. The van der Waals surface area contributed by atoms with Crippen molar-refractivity contribution in [2.24, 2.45) is 5.16 Å². The van der Waals surface area contributed by atoms with Gasteiger partial charge in [-0.05, 0) is 51.0 Å². The molecule has 1 heterocycles. The van der Waals surface area contributed by atoms with Crippen LogP contribution in [0.1, 0.15) is 37.0 Å². The molecule has 0 atom stereocenters. The highest BCUT2D eigenvalue weighted by Gasteiger charge is 2.08. The number of hydrogen-bond acceptors (Lipinski definition) is 7. The molecule has 1 aromatic carbocycles. The van der Waals surface area contributed by atoms with E-state index in [1.54, 1.807) is 12.4 Å². The average molecular weight is 399 g/mol. The summed E-state index contributed by atoms with van der Waals surface area (Å²) in [5, 5.41) is 3.85. The van der Waals surface area contributed by atoms with Gasteiger partial charge in [0.25, 0.3) is 0 Å². The summed E-state index contributed by atoms with van der Waals surface area (Å²) in [4.78, 5) is 13.1. The van der Waals surface area contributed by atoms with Gasteiger partial charge in [0, 0.05) is 24.4 Å². The zero-order valence-electron chi connectivity index (χ0n) is 17.8. The first-order valence-electron chi connectivity index (χ1n) is 9.56. The summed E-state index contributed by atoms with van der Waals surface area (Å²) < 4.78 is 17.2. The number of rotatable bonds is 11. The van der Waals surface area contributed by atoms with Crippen molar-refractivity contribution in [2.75, 3.05) is 26.9 Å². The van der Waals surface area contributed by atoms with Crippen molar-refractivity contribution >= 4 is 5.71 Å². The van der Waals surface area contributed by atoms with Gasteiger partial charge in [-0.2, -0.15) is 0 Å². The van der Waals surface area contributed by atoms with Crippen molar-refractivity contribution < 1.29 is 19.0 Å². The van der Waals surface area contributed by atoms with Crippen LogP contribution < -0.4 is 14.2 Å². The molecular weight excluding hydrogens is 370 g/mol. The third-order valence-electron chi connectivity index (χ3n) is 4.06. The number of benzene rings is 1. The summed E-state index contributed by atoms with van der Waals surface area (Å²) in [5.41, 5.74) is 3.59. The molecule has 0 amide bonds. The second kappa shape index (κ2) is 11.7. The molecule has 0 unspecified atom stereocenters.